The molecule has 27 heavy (non-hydrogen) atoms. The first kappa shape index (κ1) is 16.6. The van der Waals surface area contributed by atoms with E-state index in [4.69, 9.17) is 9.72 Å². The number of methoxy groups -OCH3 is 1. The van der Waals surface area contributed by atoms with Crippen LogP contribution in [0.2, 0.25) is 0 Å². The molecule has 1 saturated heterocycles. The topological polar surface area (TPSA) is 30.3 Å². The molecule has 4 heteroatoms. The summed E-state index contributed by atoms with van der Waals surface area (Å²) in [5, 5.41) is 0. The molecule has 2 aliphatic heterocycles. The van der Waals surface area contributed by atoms with E-state index in [0.717, 1.165) is 31.2 Å². The molecule has 138 valence electrons. The molecule has 0 bridgehead atoms. The molecule has 0 aliphatic carbocycles. The van der Waals surface area contributed by atoms with Gasteiger partial charge in [0.25, 0.3) is 0 Å². The van der Waals surface area contributed by atoms with E-state index in [-0.39, 0.29) is 0 Å². The maximum atomic E-state index is 5.27. The summed E-state index contributed by atoms with van der Waals surface area (Å²) < 4.78 is 7.72. The first-order valence-electron chi connectivity index (χ1n) is 9.75. The monoisotopic (exact) mass is 359 g/mol. The summed E-state index contributed by atoms with van der Waals surface area (Å²) in [4.78, 5) is 7.36. The number of imidazole rings is 1. The van der Waals surface area contributed by atoms with E-state index in [0.29, 0.717) is 5.92 Å². The van der Waals surface area contributed by atoms with Crippen LogP contribution in [0.3, 0.4) is 0 Å². The standard InChI is InChI=1S/C23H25N3O/c1-27-21-9-7-17(8-10-21)13-25-14-19-11-23-24-12-22(18-5-3-2-4-6-18)26(23)16-20(19)15-25/h2-10,12,19-20H,11,13-16H2,1H3/t19-,20+/m0/s1. The minimum Gasteiger partial charge on any atom is -0.497 e. The fraction of sp³-hybridized carbons (Fsp3) is 0.348. The molecular weight excluding hydrogens is 334 g/mol. The van der Waals surface area contributed by atoms with Crippen molar-refractivity contribution in [1.82, 2.24) is 14.5 Å². The Bertz CT molecular complexity index is 917. The fourth-order valence-corrected chi connectivity index (χ4v) is 4.68. The molecule has 0 N–H and O–H groups in total. The molecule has 0 spiro atoms. The average molecular weight is 359 g/mol. The Balaban J connectivity index is 1.30. The highest BCUT2D eigenvalue weighted by Gasteiger charge is 2.37. The summed E-state index contributed by atoms with van der Waals surface area (Å²) in [7, 11) is 1.72. The lowest BCUT2D eigenvalue weighted by molar-refractivity contribution is 0.307. The van der Waals surface area contributed by atoms with Crippen molar-refractivity contribution < 1.29 is 4.74 Å². The summed E-state index contributed by atoms with van der Waals surface area (Å²) in [6.07, 6.45) is 3.15. The highest BCUT2D eigenvalue weighted by atomic mass is 16.5. The molecule has 1 fully saturated rings. The van der Waals surface area contributed by atoms with E-state index in [1.807, 2.05) is 0 Å². The summed E-state index contributed by atoms with van der Waals surface area (Å²) in [6, 6.07) is 19.1. The number of nitrogens with zero attached hydrogens (tertiary/aromatic N) is 3. The predicted octanol–water partition coefficient (Wildman–Crippen LogP) is 3.86. The van der Waals surface area contributed by atoms with Crippen molar-refractivity contribution in [1.29, 1.82) is 0 Å². The van der Waals surface area contributed by atoms with Gasteiger partial charge in [-0.3, -0.25) is 4.90 Å². The van der Waals surface area contributed by atoms with Gasteiger partial charge in [0.2, 0.25) is 0 Å². The summed E-state index contributed by atoms with van der Waals surface area (Å²) in [6.45, 7) is 4.45. The van der Waals surface area contributed by atoms with Crippen LogP contribution in [0.4, 0.5) is 0 Å². The number of fused-ring (bicyclic) bond motifs is 2. The molecule has 2 atom stereocenters. The lowest BCUT2D eigenvalue weighted by Gasteiger charge is -2.27. The van der Waals surface area contributed by atoms with Crippen LogP contribution in [0.15, 0.2) is 60.8 Å². The fourth-order valence-electron chi connectivity index (χ4n) is 4.68. The summed E-state index contributed by atoms with van der Waals surface area (Å²) in [5.41, 5.74) is 3.89. The Morgan fingerprint density at radius 2 is 1.74 bits per heavy atom. The van der Waals surface area contributed by atoms with E-state index < -0.39 is 0 Å². The zero-order valence-corrected chi connectivity index (χ0v) is 15.7. The first-order chi connectivity index (χ1) is 13.3. The molecule has 0 amide bonds. The van der Waals surface area contributed by atoms with E-state index >= 15 is 0 Å². The Morgan fingerprint density at radius 1 is 0.963 bits per heavy atom. The average Bonchev–Trinajstić information content (AvgIpc) is 3.30. The smallest absolute Gasteiger partial charge is 0.118 e. The third-order valence-electron chi connectivity index (χ3n) is 6.09. The Kier molecular flexibility index (Phi) is 4.21. The van der Waals surface area contributed by atoms with E-state index in [1.165, 1.54) is 35.7 Å². The highest BCUT2D eigenvalue weighted by molar-refractivity contribution is 5.59. The minimum absolute atomic E-state index is 0.715. The maximum absolute atomic E-state index is 5.27. The van der Waals surface area contributed by atoms with Crippen LogP contribution in [-0.2, 0) is 19.5 Å². The summed E-state index contributed by atoms with van der Waals surface area (Å²) >= 11 is 0. The first-order valence-corrected chi connectivity index (χ1v) is 9.75. The van der Waals surface area contributed by atoms with Crippen molar-refractivity contribution >= 4 is 0 Å². The van der Waals surface area contributed by atoms with E-state index in [1.54, 1.807) is 7.11 Å². The predicted molar refractivity (Wildman–Crippen MR) is 107 cm³/mol. The SMILES string of the molecule is COc1ccc(CN2C[C@@H]3Cn4c(-c5ccccc5)cnc4C[C@H]3C2)cc1. The molecule has 3 heterocycles. The van der Waals surface area contributed by atoms with Crippen LogP contribution in [-0.4, -0.2) is 34.7 Å². The quantitative estimate of drug-likeness (QED) is 0.709. The molecule has 5 rings (SSSR count). The minimum atomic E-state index is 0.715. The van der Waals surface area contributed by atoms with Gasteiger partial charge in [-0.15, -0.1) is 0 Å². The van der Waals surface area contributed by atoms with Crippen molar-refractivity contribution in [2.45, 2.75) is 19.5 Å². The number of benzene rings is 2. The molecule has 0 radical (unpaired) electrons. The van der Waals surface area contributed by atoms with Gasteiger partial charge in [-0.2, -0.15) is 0 Å². The lowest BCUT2D eigenvalue weighted by atomic mass is 9.89. The van der Waals surface area contributed by atoms with Gasteiger partial charge in [0.1, 0.15) is 11.6 Å². The van der Waals surface area contributed by atoms with Crippen LogP contribution in [0.1, 0.15) is 11.4 Å². The Morgan fingerprint density at radius 3 is 2.52 bits per heavy atom. The summed E-state index contributed by atoms with van der Waals surface area (Å²) in [5.74, 6) is 3.61. The molecule has 1 aromatic heterocycles. The number of hydrogen-bond donors (Lipinski definition) is 0. The van der Waals surface area contributed by atoms with Crippen molar-refractivity contribution in [2.24, 2.45) is 11.8 Å². The molecule has 0 saturated carbocycles. The largest absolute Gasteiger partial charge is 0.497 e. The Labute approximate surface area is 160 Å². The third kappa shape index (κ3) is 3.15. The van der Waals surface area contributed by atoms with E-state index in [9.17, 15) is 0 Å². The zero-order chi connectivity index (χ0) is 18.2. The van der Waals surface area contributed by atoms with Gasteiger partial charge >= 0.3 is 0 Å². The molecule has 0 unspecified atom stereocenters. The third-order valence-corrected chi connectivity index (χ3v) is 6.09. The second-order valence-electron chi connectivity index (χ2n) is 7.80. The van der Waals surface area contributed by atoms with Gasteiger partial charge in [-0.05, 0) is 35.1 Å². The normalized spacial score (nSPS) is 21.7. The number of aromatic nitrogens is 2. The van der Waals surface area contributed by atoms with Gasteiger partial charge in [0.15, 0.2) is 0 Å². The van der Waals surface area contributed by atoms with Gasteiger partial charge in [-0.1, -0.05) is 42.5 Å². The second kappa shape index (κ2) is 6.86. The molecule has 2 aromatic carbocycles. The van der Waals surface area contributed by atoms with E-state index in [2.05, 4.69) is 70.3 Å². The second-order valence-corrected chi connectivity index (χ2v) is 7.80. The molecule has 2 aliphatic rings. The number of hydrogen-bond acceptors (Lipinski definition) is 3. The van der Waals surface area contributed by atoms with Crippen LogP contribution in [0.5, 0.6) is 5.75 Å². The molecule has 4 nitrogen and oxygen atoms in total. The van der Waals surface area contributed by atoms with Crippen molar-refractivity contribution in [2.75, 3.05) is 20.2 Å². The van der Waals surface area contributed by atoms with Gasteiger partial charge in [0, 0.05) is 32.6 Å². The van der Waals surface area contributed by atoms with Crippen LogP contribution in [0, 0.1) is 11.8 Å². The zero-order valence-electron chi connectivity index (χ0n) is 15.7. The van der Waals surface area contributed by atoms with Gasteiger partial charge in [0.05, 0.1) is 19.0 Å². The van der Waals surface area contributed by atoms with Crippen molar-refractivity contribution in [3.63, 3.8) is 0 Å². The number of ether oxygens (including phenoxy) is 1. The molecule has 3 aromatic rings. The highest BCUT2D eigenvalue weighted by Crippen LogP contribution is 2.35. The number of likely N-dealkylation sites (tertiary alicyclic amines) is 1. The van der Waals surface area contributed by atoms with Crippen molar-refractivity contribution in [3.05, 3.63) is 72.2 Å². The van der Waals surface area contributed by atoms with Crippen LogP contribution in [0.25, 0.3) is 11.3 Å². The van der Waals surface area contributed by atoms with Gasteiger partial charge < -0.3 is 9.30 Å². The lowest BCUT2D eigenvalue weighted by Crippen LogP contribution is -2.28. The van der Waals surface area contributed by atoms with Crippen LogP contribution >= 0.6 is 0 Å². The Hall–Kier alpha value is -2.59. The maximum Gasteiger partial charge on any atom is 0.118 e. The van der Waals surface area contributed by atoms with Crippen molar-refractivity contribution in [3.8, 4) is 17.0 Å². The van der Waals surface area contributed by atoms with Crippen LogP contribution < -0.4 is 4.74 Å². The molecular formula is C23H25N3O. The number of rotatable bonds is 4. The van der Waals surface area contributed by atoms with Gasteiger partial charge in [-0.25, -0.2) is 4.98 Å².